The predicted molar refractivity (Wildman–Crippen MR) is 112 cm³/mol. The van der Waals surface area contributed by atoms with Gasteiger partial charge in [0.2, 0.25) is 0 Å². The molecule has 3 amide bonds. The number of aromatic hydroxyl groups is 1. The Morgan fingerprint density at radius 1 is 1.12 bits per heavy atom. The van der Waals surface area contributed by atoms with Crippen LogP contribution in [0, 0.1) is 11.6 Å². The zero-order valence-electron chi connectivity index (χ0n) is 17.0. The molecule has 164 valence electrons. The molecule has 2 fully saturated rings. The Kier molecular flexibility index (Phi) is 4.70. The molecule has 1 saturated heterocycles. The molecule has 1 N–H and O–H groups in total. The van der Waals surface area contributed by atoms with Gasteiger partial charge in [-0.15, -0.1) is 10.2 Å². The summed E-state index contributed by atoms with van der Waals surface area (Å²) in [6.45, 7) is 1.87. The van der Waals surface area contributed by atoms with Crippen LogP contribution in [-0.4, -0.2) is 42.6 Å². The van der Waals surface area contributed by atoms with Crippen LogP contribution in [-0.2, 0) is 11.3 Å². The Morgan fingerprint density at radius 3 is 2.53 bits per heavy atom. The highest BCUT2D eigenvalue weighted by Crippen LogP contribution is 2.50. The first-order chi connectivity index (χ1) is 15.3. The van der Waals surface area contributed by atoms with Crippen LogP contribution in [0.15, 0.2) is 42.5 Å². The van der Waals surface area contributed by atoms with Crippen molar-refractivity contribution in [3.05, 3.63) is 64.7 Å². The Hall–Kier alpha value is -3.40. The first-order valence-corrected chi connectivity index (χ1v) is 10.8. The van der Waals surface area contributed by atoms with E-state index < -0.39 is 35.0 Å². The van der Waals surface area contributed by atoms with Crippen molar-refractivity contribution in [1.82, 2.24) is 20.0 Å². The lowest BCUT2D eigenvalue weighted by Crippen LogP contribution is -2.36. The summed E-state index contributed by atoms with van der Waals surface area (Å²) in [5.41, 5.74) is -0.0979. The fourth-order valence-corrected chi connectivity index (χ4v) is 4.90. The molecule has 2 aliphatic rings. The molecule has 32 heavy (non-hydrogen) atoms. The van der Waals surface area contributed by atoms with E-state index in [9.17, 15) is 23.5 Å². The number of imide groups is 1. The lowest BCUT2D eigenvalue weighted by molar-refractivity contribution is -0.130. The van der Waals surface area contributed by atoms with Gasteiger partial charge in [0.25, 0.3) is 5.91 Å². The van der Waals surface area contributed by atoms with Crippen molar-refractivity contribution < 1.29 is 23.5 Å². The van der Waals surface area contributed by atoms with Gasteiger partial charge in [0.05, 0.1) is 18.2 Å². The van der Waals surface area contributed by atoms with Crippen molar-refractivity contribution in [2.45, 2.75) is 37.9 Å². The number of rotatable bonds is 5. The molecule has 1 aliphatic carbocycles. The standard InChI is InChI=1S/C22H18F2N4O3S/c1-12(13-5-3-2-4-6-13)28-20(30)22(9-10-22)27(21(28)31)11-16-25-26-19(32-16)14-7-8-15(23)18(29)17(14)24/h2-8,12,29H,9-11H2,1H3/t12-/m1/s1. The summed E-state index contributed by atoms with van der Waals surface area (Å²) >= 11 is 1.02. The molecule has 5 rings (SSSR count). The zero-order valence-corrected chi connectivity index (χ0v) is 17.8. The van der Waals surface area contributed by atoms with Gasteiger partial charge in [-0.2, -0.15) is 0 Å². The van der Waals surface area contributed by atoms with E-state index in [4.69, 9.17) is 0 Å². The van der Waals surface area contributed by atoms with Crippen molar-refractivity contribution in [2.75, 3.05) is 0 Å². The van der Waals surface area contributed by atoms with Crippen molar-refractivity contribution in [1.29, 1.82) is 0 Å². The number of nitrogens with zero attached hydrogens (tertiary/aromatic N) is 4. The number of benzene rings is 2. The Bertz CT molecular complexity index is 1230. The third kappa shape index (κ3) is 3.05. The quantitative estimate of drug-likeness (QED) is 0.580. The summed E-state index contributed by atoms with van der Waals surface area (Å²) in [6.07, 6.45) is 1.14. The summed E-state index contributed by atoms with van der Waals surface area (Å²) in [5, 5.41) is 18.0. The fourth-order valence-electron chi connectivity index (χ4n) is 4.05. The predicted octanol–water partition coefficient (Wildman–Crippen LogP) is 4.25. The van der Waals surface area contributed by atoms with E-state index in [1.165, 1.54) is 15.9 Å². The van der Waals surface area contributed by atoms with Crippen LogP contribution in [0.2, 0.25) is 0 Å². The second kappa shape index (κ2) is 7.33. The highest BCUT2D eigenvalue weighted by Gasteiger charge is 2.65. The third-order valence-corrected chi connectivity index (χ3v) is 6.96. The number of hydrogen-bond acceptors (Lipinski definition) is 6. The topological polar surface area (TPSA) is 86.6 Å². The fraction of sp³-hybridized carbons (Fsp3) is 0.273. The molecule has 1 aromatic heterocycles. The first-order valence-electron chi connectivity index (χ1n) is 10.0. The summed E-state index contributed by atoms with van der Waals surface area (Å²) in [6, 6.07) is 10.6. The van der Waals surface area contributed by atoms with Crippen molar-refractivity contribution in [3.63, 3.8) is 0 Å². The maximum atomic E-state index is 14.2. The molecule has 1 atom stereocenters. The monoisotopic (exact) mass is 456 g/mol. The van der Waals surface area contributed by atoms with Gasteiger partial charge in [-0.3, -0.25) is 9.69 Å². The van der Waals surface area contributed by atoms with Gasteiger partial charge in [-0.1, -0.05) is 41.7 Å². The average molecular weight is 456 g/mol. The minimum Gasteiger partial charge on any atom is -0.503 e. The normalized spacial score (nSPS) is 18.0. The van der Waals surface area contributed by atoms with Crippen LogP contribution in [0.3, 0.4) is 0 Å². The van der Waals surface area contributed by atoms with Gasteiger partial charge in [-0.05, 0) is 37.5 Å². The third-order valence-electron chi connectivity index (χ3n) is 6.02. The molecular weight excluding hydrogens is 438 g/mol. The molecule has 0 bridgehead atoms. The minimum atomic E-state index is -1.12. The number of aromatic nitrogens is 2. The molecular formula is C22H18F2N4O3S. The van der Waals surface area contributed by atoms with Crippen LogP contribution >= 0.6 is 11.3 Å². The van der Waals surface area contributed by atoms with E-state index in [1.54, 1.807) is 0 Å². The van der Waals surface area contributed by atoms with E-state index in [0.29, 0.717) is 17.8 Å². The molecule has 10 heteroatoms. The van der Waals surface area contributed by atoms with Gasteiger partial charge >= 0.3 is 6.03 Å². The number of phenols is 1. The SMILES string of the molecule is C[C@H](c1ccccc1)N1C(=O)N(Cc2nnc(-c3ccc(F)c(O)c3F)s2)C2(CC2)C1=O. The van der Waals surface area contributed by atoms with Crippen molar-refractivity contribution >= 4 is 23.3 Å². The van der Waals surface area contributed by atoms with E-state index in [-0.39, 0.29) is 23.0 Å². The highest BCUT2D eigenvalue weighted by molar-refractivity contribution is 7.14. The number of phenolic OH excluding ortho intramolecular Hbond substituents is 1. The summed E-state index contributed by atoms with van der Waals surface area (Å²) in [7, 11) is 0. The van der Waals surface area contributed by atoms with E-state index >= 15 is 0 Å². The zero-order chi connectivity index (χ0) is 22.6. The van der Waals surface area contributed by atoms with Crippen LogP contribution < -0.4 is 0 Å². The number of hydrogen-bond donors (Lipinski definition) is 1. The summed E-state index contributed by atoms with van der Waals surface area (Å²) in [5.74, 6) is -3.50. The number of amides is 3. The van der Waals surface area contributed by atoms with Gasteiger partial charge in [0.15, 0.2) is 22.4 Å². The lowest BCUT2D eigenvalue weighted by Gasteiger charge is -2.23. The molecule has 0 radical (unpaired) electrons. The smallest absolute Gasteiger partial charge is 0.328 e. The van der Waals surface area contributed by atoms with Gasteiger partial charge in [-0.25, -0.2) is 13.6 Å². The van der Waals surface area contributed by atoms with E-state index in [1.807, 2.05) is 37.3 Å². The molecule has 1 saturated carbocycles. The Labute approximate surface area is 185 Å². The molecule has 0 unspecified atom stereocenters. The van der Waals surface area contributed by atoms with Crippen molar-refractivity contribution in [2.24, 2.45) is 0 Å². The number of urea groups is 1. The second-order valence-electron chi connectivity index (χ2n) is 7.92. The maximum absolute atomic E-state index is 14.2. The van der Waals surface area contributed by atoms with E-state index in [2.05, 4.69) is 10.2 Å². The lowest BCUT2D eigenvalue weighted by atomic mass is 10.1. The van der Waals surface area contributed by atoms with Crippen LogP contribution in [0.1, 0.15) is 36.4 Å². The van der Waals surface area contributed by atoms with Crippen molar-refractivity contribution in [3.8, 4) is 16.3 Å². The first kappa shape index (κ1) is 20.5. The number of carbonyl (C=O) groups is 2. The molecule has 1 aliphatic heterocycles. The van der Waals surface area contributed by atoms with Crippen LogP contribution in [0.4, 0.5) is 13.6 Å². The molecule has 2 aromatic carbocycles. The molecule has 3 aromatic rings. The molecule has 1 spiro atoms. The van der Waals surface area contributed by atoms with Gasteiger partial charge in [0, 0.05) is 0 Å². The van der Waals surface area contributed by atoms with Crippen LogP contribution in [0.25, 0.3) is 10.6 Å². The number of carbonyl (C=O) groups excluding carboxylic acids is 2. The minimum absolute atomic E-state index is 0.0506. The summed E-state index contributed by atoms with van der Waals surface area (Å²) in [4.78, 5) is 29.2. The average Bonchev–Trinajstić information content (AvgIpc) is 3.43. The van der Waals surface area contributed by atoms with Crippen LogP contribution in [0.5, 0.6) is 5.75 Å². The molecule has 7 nitrogen and oxygen atoms in total. The second-order valence-corrected chi connectivity index (χ2v) is 8.98. The van der Waals surface area contributed by atoms with E-state index in [0.717, 1.165) is 23.0 Å². The van der Waals surface area contributed by atoms with Gasteiger partial charge in [0.1, 0.15) is 10.5 Å². The van der Waals surface area contributed by atoms with Gasteiger partial charge < -0.3 is 10.0 Å². The Morgan fingerprint density at radius 2 is 1.84 bits per heavy atom. The Balaban J connectivity index is 1.41. The maximum Gasteiger partial charge on any atom is 0.328 e. The summed E-state index contributed by atoms with van der Waals surface area (Å²) < 4.78 is 27.6. The molecule has 2 heterocycles. The highest BCUT2D eigenvalue weighted by atomic mass is 32.1. The number of halogens is 2. The largest absolute Gasteiger partial charge is 0.503 e.